The summed E-state index contributed by atoms with van der Waals surface area (Å²) in [6, 6.07) is 3.72. The average Bonchev–Trinajstić information content (AvgIpc) is 2.47. The highest BCUT2D eigenvalue weighted by Crippen LogP contribution is 2.13. The first-order chi connectivity index (χ1) is 9.58. The van der Waals surface area contributed by atoms with Crippen LogP contribution in [0.4, 0.5) is 0 Å². The summed E-state index contributed by atoms with van der Waals surface area (Å²) in [7, 11) is -1.48. The highest BCUT2D eigenvalue weighted by Gasteiger charge is 2.22. The van der Waals surface area contributed by atoms with Gasteiger partial charge in [0.1, 0.15) is 0 Å². The van der Waals surface area contributed by atoms with E-state index in [1.165, 1.54) is 4.31 Å². The summed E-state index contributed by atoms with van der Waals surface area (Å²) in [5, 5.41) is 3.32. The zero-order chi connectivity index (χ0) is 14.4. The SMILES string of the molecule is CN(CC1CCCNC1)S(=O)(=O)CCc1ccncc1. The third-order valence-corrected chi connectivity index (χ3v) is 5.61. The summed E-state index contributed by atoms with van der Waals surface area (Å²) < 4.78 is 26.1. The van der Waals surface area contributed by atoms with E-state index in [4.69, 9.17) is 0 Å². The first-order valence-electron chi connectivity index (χ1n) is 7.11. The molecule has 1 aromatic heterocycles. The molecule has 6 heteroatoms. The van der Waals surface area contributed by atoms with E-state index in [-0.39, 0.29) is 5.75 Å². The number of nitrogens with one attached hydrogen (secondary N) is 1. The molecule has 0 saturated carbocycles. The van der Waals surface area contributed by atoms with Crippen LogP contribution in [-0.2, 0) is 16.4 Å². The van der Waals surface area contributed by atoms with E-state index < -0.39 is 10.0 Å². The fourth-order valence-corrected chi connectivity index (χ4v) is 3.75. The number of piperidine rings is 1. The predicted molar refractivity (Wildman–Crippen MR) is 80.0 cm³/mol. The Morgan fingerprint density at radius 3 is 2.80 bits per heavy atom. The molecule has 0 spiro atoms. The quantitative estimate of drug-likeness (QED) is 0.847. The topological polar surface area (TPSA) is 62.3 Å². The van der Waals surface area contributed by atoms with Crippen LogP contribution in [0.3, 0.4) is 0 Å². The van der Waals surface area contributed by atoms with Crippen LogP contribution >= 0.6 is 0 Å². The maximum Gasteiger partial charge on any atom is 0.214 e. The highest BCUT2D eigenvalue weighted by molar-refractivity contribution is 7.89. The van der Waals surface area contributed by atoms with Crippen molar-refractivity contribution in [3.8, 4) is 0 Å². The van der Waals surface area contributed by atoms with Crippen molar-refractivity contribution in [2.45, 2.75) is 19.3 Å². The van der Waals surface area contributed by atoms with Crippen molar-refractivity contribution >= 4 is 10.0 Å². The molecule has 1 aliphatic heterocycles. The van der Waals surface area contributed by atoms with Gasteiger partial charge in [0.05, 0.1) is 5.75 Å². The Hall–Kier alpha value is -0.980. The molecule has 1 aliphatic rings. The molecule has 0 aromatic carbocycles. The Bertz CT molecular complexity index is 498. The summed E-state index contributed by atoms with van der Waals surface area (Å²) in [5.74, 6) is 0.595. The van der Waals surface area contributed by atoms with Crippen molar-refractivity contribution in [3.63, 3.8) is 0 Å². The van der Waals surface area contributed by atoms with E-state index in [0.29, 0.717) is 18.9 Å². The number of sulfonamides is 1. The van der Waals surface area contributed by atoms with Crippen molar-refractivity contribution in [3.05, 3.63) is 30.1 Å². The van der Waals surface area contributed by atoms with Crippen LogP contribution in [0.5, 0.6) is 0 Å². The van der Waals surface area contributed by atoms with Crippen LogP contribution in [0.1, 0.15) is 18.4 Å². The molecule has 112 valence electrons. The normalized spacial score (nSPS) is 20.2. The molecular weight excluding hydrogens is 274 g/mol. The van der Waals surface area contributed by atoms with E-state index in [1.54, 1.807) is 19.4 Å². The summed E-state index contributed by atoms with van der Waals surface area (Å²) in [4.78, 5) is 3.94. The average molecular weight is 297 g/mol. The molecule has 1 aromatic rings. The number of hydrogen-bond donors (Lipinski definition) is 1. The molecule has 2 heterocycles. The van der Waals surface area contributed by atoms with Gasteiger partial charge in [0, 0.05) is 26.0 Å². The maximum atomic E-state index is 12.3. The van der Waals surface area contributed by atoms with E-state index in [0.717, 1.165) is 31.5 Å². The first kappa shape index (κ1) is 15.4. The fraction of sp³-hybridized carbons (Fsp3) is 0.643. The molecular formula is C14H23N3O2S. The fourth-order valence-electron chi connectivity index (χ4n) is 2.51. The Morgan fingerprint density at radius 2 is 2.15 bits per heavy atom. The van der Waals surface area contributed by atoms with Crippen molar-refractivity contribution in [1.82, 2.24) is 14.6 Å². The molecule has 0 aliphatic carbocycles. The predicted octanol–water partition coefficient (Wildman–Crippen LogP) is 0.885. The zero-order valence-corrected chi connectivity index (χ0v) is 12.8. The van der Waals surface area contributed by atoms with Gasteiger partial charge in [-0.1, -0.05) is 0 Å². The van der Waals surface area contributed by atoms with Gasteiger partial charge < -0.3 is 5.32 Å². The van der Waals surface area contributed by atoms with Crippen molar-refractivity contribution in [2.24, 2.45) is 5.92 Å². The number of hydrogen-bond acceptors (Lipinski definition) is 4. The van der Waals surface area contributed by atoms with E-state index in [9.17, 15) is 8.42 Å². The molecule has 0 amide bonds. The highest BCUT2D eigenvalue weighted by atomic mass is 32.2. The van der Waals surface area contributed by atoms with Crippen LogP contribution in [0.15, 0.2) is 24.5 Å². The number of rotatable bonds is 6. The molecule has 5 nitrogen and oxygen atoms in total. The largest absolute Gasteiger partial charge is 0.316 e. The van der Waals surface area contributed by atoms with Gasteiger partial charge in [-0.15, -0.1) is 0 Å². The zero-order valence-electron chi connectivity index (χ0n) is 12.0. The van der Waals surface area contributed by atoms with Gasteiger partial charge in [-0.3, -0.25) is 4.98 Å². The molecule has 20 heavy (non-hydrogen) atoms. The molecule has 1 atom stereocenters. The Morgan fingerprint density at radius 1 is 1.40 bits per heavy atom. The number of pyridine rings is 1. The molecule has 1 fully saturated rings. The second-order valence-electron chi connectivity index (χ2n) is 5.41. The smallest absolute Gasteiger partial charge is 0.214 e. The van der Waals surface area contributed by atoms with Gasteiger partial charge in [0.15, 0.2) is 0 Å². The Labute approximate surface area is 121 Å². The molecule has 2 rings (SSSR count). The summed E-state index contributed by atoms with van der Waals surface area (Å²) in [5.41, 5.74) is 1.01. The van der Waals surface area contributed by atoms with Gasteiger partial charge in [-0.2, -0.15) is 0 Å². The maximum absolute atomic E-state index is 12.3. The lowest BCUT2D eigenvalue weighted by molar-refractivity contribution is 0.315. The standard InChI is InChI=1S/C14H23N3O2S/c1-17(12-14-3-2-7-16-11-14)20(18,19)10-6-13-4-8-15-9-5-13/h4-5,8-9,14,16H,2-3,6-7,10-12H2,1H3. The lowest BCUT2D eigenvalue weighted by Crippen LogP contribution is -2.40. The second kappa shape index (κ2) is 7.15. The van der Waals surface area contributed by atoms with Gasteiger partial charge >= 0.3 is 0 Å². The summed E-state index contributed by atoms with van der Waals surface area (Å²) in [6.07, 6.45) is 6.17. The third kappa shape index (κ3) is 4.54. The monoisotopic (exact) mass is 297 g/mol. The summed E-state index contributed by atoms with van der Waals surface area (Å²) >= 11 is 0. The third-order valence-electron chi connectivity index (χ3n) is 3.79. The van der Waals surface area contributed by atoms with Gasteiger partial charge in [0.2, 0.25) is 10.0 Å². The molecule has 1 N–H and O–H groups in total. The number of aromatic nitrogens is 1. The van der Waals surface area contributed by atoms with Crippen LogP contribution in [-0.4, -0.2) is 50.1 Å². The van der Waals surface area contributed by atoms with Gasteiger partial charge in [0.25, 0.3) is 0 Å². The summed E-state index contributed by atoms with van der Waals surface area (Å²) in [6.45, 7) is 2.59. The van der Waals surface area contributed by atoms with Crippen molar-refractivity contribution in [1.29, 1.82) is 0 Å². The van der Waals surface area contributed by atoms with E-state index >= 15 is 0 Å². The second-order valence-corrected chi connectivity index (χ2v) is 7.61. The molecule has 1 saturated heterocycles. The lowest BCUT2D eigenvalue weighted by atomic mass is 10.00. The number of nitrogens with zero attached hydrogens (tertiary/aromatic N) is 2. The lowest BCUT2D eigenvalue weighted by Gasteiger charge is -2.27. The van der Waals surface area contributed by atoms with Crippen molar-refractivity contribution in [2.75, 3.05) is 32.4 Å². The van der Waals surface area contributed by atoms with Crippen LogP contribution in [0, 0.1) is 5.92 Å². The molecule has 0 bridgehead atoms. The van der Waals surface area contributed by atoms with E-state index in [1.807, 2.05) is 12.1 Å². The Kier molecular flexibility index (Phi) is 5.51. The Balaban J connectivity index is 1.85. The van der Waals surface area contributed by atoms with Gasteiger partial charge in [-0.25, -0.2) is 12.7 Å². The van der Waals surface area contributed by atoms with Crippen LogP contribution in [0.2, 0.25) is 0 Å². The van der Waals surface area contributed by atoms with Crippen LogP contribution in [0.25, 0.3) is 0 Å². The first-order valence-corrected chi connectivity index (χ1v) is 8.72. The van der Waals surface area contributed by atoms with Crippen molar-refractivity contribution < 1.29 is 8.42 Å². The minimum atomic E-state index is -3.17. The number of aryl methyl sites for hydroxylation is 1. The minimum absolute atomic E-state index is 0.160. The molecule has 0 radical (unpaired) electrons. The van der Waals surface area contributed by atoms with Gasteiger partial charge in [-0.05, 0) is 56.0 Å². The molecule has 1 unspecified atom stereocenters. The minimum Gasteiger partial charge on any atom is -0.316 e. The van der Waals surface area contributed by atoms with Crippen LogP contribution < -0.4 is 5.32 Å². The van der Waals surface area contributed by atoms with E-state index in [2.05, 4.69) is 10.3 Å².